The summed E-state index contributed by atoms with van der Waals surface area (Å²) in [5.74, 6) is 0.575. The maximum atomic E-state index is 5.99. The standard InChI is InChI=1S/C14H20ClNO/c1-2-17-13-7-5-9-16(11-13)14-8-4-3-6-12(14)10-15/h3-4,6,8,13H,2,5,7,9-11H2,1H3. The molecular weight excluding hydrogens is 234 g/mol. The highest BCUT2D eigenvalue weighted by molar-refractivity contribution is 6.17. The molecule has 0 bridgehead atoms. The molecular formula is C14H20ClNO. The van der Waals surface area contributed by atoms with Gasteiger partial charge in [-0.2, -0.15) is 0 Å². The Morgan fingerprint density at radius 3 is 3.00 bits per heavy atom. The van der Waals surface area contributed by atoms with Crippen LogP contribution in [0, 0.1) is 0 Å². The molecule has 0 amide bonds. The predicted octanol–water partition coefficient (Wildman–Crippen LogP) is 3.43. The zero-order valence-corrected chi connectivity index (χ0v) is 11.1. The van der Waals surface area contributed by atoms with Gasteiger partial charge in [-0.3, -0.25) is 0 Å². The molecule has 0 N–H and O–H groups in total. The van der Waals surface area contributed by atoms with Crippen molar-refractivity contribution in [1.82, 2.24) is 0 Å². The van der Waals surface area contributed by atoms with Crippen molar-refractivity contribution < 1.29 is 4.74 Å². The third kappa shape index (κ3) is 3.14. The van der Waals surface area contributed by atoms with Crippen molar-refractivity contribution in [2.75, 3.05) is 24.6 Å². The number of hydrogen-bond donors (Lipinski definition) is 0. The fourth-order valence-electron chi connectivity index (χ4n) is 2.46. The highest BCUT2D eigenvalue weighted by Crippen LogP contribution is 2.26. The van der Waals surface area contributed by atoms with E-state index in [4.69, 9.17) is 16.3 Å². The molecule has 1 aliphatic rings. The van der Waals surface area contributed by atoms with Gasteiger partial charge in [0.1, 0.15) is 0 Å². The van der Waals surface area contributed by atoms with E-state index in [1.165, 1.54) is 24.1 Å². The Kier molecular flexibility index (Phi) is 4.69. The maximum Gasteiger partial charge on any atom is 0.0750 e. The number of piperidine rings is 1. The zero-order valence-electron chi connectivity index (χ0n) is 10.4. The van der Waals surface area contributed by atoms with Crippen molar-refractivity contribution >= 4 is 17.3 Å². The van der Waals surface area contributed by atoms with E-state index in [2.05, 4.69) is 30.0 Å². The number of ether oxygens (including phenoxy) is 1. The summed E-state index contributed by atoms with van der Waals surface area (Å²) in [6, 6.07) is 8.39. The van der Waals surface area contributed by atoms with Gasteiger partial charge in [-0.1, -0.05) is 18.2 Å². The highest BCUT2D eigenvalue weighted by atomic mass is 35.5. The Morgan fingerprint density at radius 2 is 2.24 bits per heavy atom. The van der Waals surface area contributed by atoms with Crippen LogP contribution in [0.1, 0.15) is 25.3 Å². The van der Waals surface area contributed by atoms with Crippen LogP contribution in [0.3, 0.4) is 0 Å². The summed E-state index contributed by atoms with van der Waals surface area (Å²) >= 11 is 5.99. The molecule has 2 nitrogen and oxygen atoms in total. The number of hydrogen-bond acceptors (Lipinski definition) is 2. The normalized spacial score (nSPS) is 20.6. The SMILES string of the molecule is CCOC1CCCN(c2ccccc2CCl)C1. The lowest BCUT2D eigenvalue weighted by Gasteiger charge is -2.35. The van der Waals surface area contributed by atoms with Crippen molar-refractivity contribution in [2.45, 2.75) is 31.7 Å². The molecule has 0 radical (unpaired) electrons. The van der Waals surface area contributed by atoms with E-state index in [1.54, 1.807) is 0 Å². The third-order valence-electron chi connectivity index (χ3n) is 3.26. The van der Waals surface area contributed by atoms with Crippen molar-refractivity contribution in [3.8, 4) is 0 Å². The van der Waals surface area contributed by atoms with E-state index in [9.17, 15) is 0 Å². The van der Waals surface area contributed by atoms with Gasteiger partial charge in [0.25, 0.3) is 0 Å². The van der Waals surface area contributed by atoms with Gasteiger partial charge in [0, 0.05) is 31.3 Å². The molecule has 0 aromatic heterocycles. The average molecular weight is 254 g/mol. The number of nitrogens with zero attached hydrogens (tertiary/aromatic N) is 1. The molecule has 1 aromatic carbocycles. The summed E-state index contributed by atoms with van der Waals surface area (Å²) in [4.78, 5) is 2.40. The summed E-state index contributed by atoms with van der Waals surface area (Å²) in [6.07, 6.45) is 2.74. The van der Waals surface area contributed by atoms with Crippen LogP contribution in [-0.4, -0.2) is 25.8 Å². The van der Waals surface area contributed by atoms with Crippen molar-refractivity contribution in [2.24, 2.45) is 0 Å². The van der Waals surface area contributed by atoms with Crippen molar-refractivity contribution in [3.63, 3.8) is 0 Å². The topological polar surface area (TPSA) is 12.5 Å². The summed E-state index contributed by atoms with van der Waals surface area (Å²) in [5.41, 5.74) is 2.48. The second-order valence-corrected chi connectivity index (χ2v) is 4.70. The van der Waals surface area contributed by atoms with E-state index >= 15 is 0 Å². The van der Waals surface area contributed by atoms with E-state index in [-0.39, 0.29) is 0 Å². The lowest BCUT2D eigenvalue weighted by Crippen LogP contribution is -2.40. The molecule has 3 heteroatoms. The average Bonchev–Trinajstić information content (AvgIpc) is 2.39. The minimum absolute atomic E-state index is 0.372. The van der Waals surface area contributed by atoms with Crippen LogP contribution in [-0.2, 0) is 10.6 Å². The van der Waals surface area contributed by atoms with Crippen LogP contribution >= 0.6 is 11.6 Å². The number of anilines is 1. The molecule has 17 heavy (non-hydrogen) atoms. The van der Waals surface area contributed by atoms with Gasteiger partial charge in [0.15, 0.2) is 0 Å². The minimum Gasteiger partial charge on any atom is -0.377 e. The molecule has 2 rings (SSSR count). The van der Waals surface area contributed by atoms with Gasteiger partial charge in [0.2, 0.25) is 0 Å². The Bertz CT molecular complexity index is 354. The first kappa shape index (κ1) is 12.7. The first-order valence-electron chi connectivity index (χ1n) is 6.35. The first-order valence-corrected chi connectivity index (χ1v) is 6.89. The monoisotopic (exact) mass is 253 g/mol. The highest BCUT2D eigenvalue weighted by Gasteiger charge is 2.21. The molecule has 1 aliphatic heterocycles. The Morgan fingerprint density at radius 1 is 1.41 bits per heavy atom. The number of rotatable bonds is 4. The van der Waals surface area contributed by atoms with E-state index in [1.807, 2.05) is 6.07 Å². The second kappa shape index (κ2) is 6.27. The van der Waals surface area contributed by atoms with Crippen LogP contribution in [0.4, 0.5) is 5.69 Å². The van der Waals surface area contributed by atoms with E-state index in [0.717, 1.165) is 19.7 Å². The lowest BCUT2D eigenvalue weighted by atomic mass is 10.1. The van der Waals surface area contributed by atoms with Gasteiger partial charge in [-0.15, -0.1) is 11.6 Å². The van der Waals surface area contributed by atoms with E-state index < -0.39 is 0 Å². The summed E-state index contributed by atoms with van der Waals surface area (Å²) in [7, 11) is 0. The first-order chi connectivity index (χ1) is 8.35. The van der Waals surface area contributed by atoms with Crippen LogP contribution in [0.15, 0.2) is 24.3 Å². The molecule has 94 valence electrons. The minimum atomic E-state index is 0.372. The van der Waals surface area contributed by atoms with Crippen molar-refractivity contribution in [1.29, 1.82) is 0 Å². The van der Waals surface area contributed by atoms with E-state index in [0.29, 0.717) is 12.0 Å². The van der Waals surface area contributed by atoms with Gasteiger partial charge in [0.05, 0.1) is 6.10 Å². The number of alkyl halides is 1. The molecule has 1 fully saturated rings. The van der Waals surface area contributed by atoms with Crippen LogP contribution in [0.2, 0.25) is 0 Å². The summed E-state index contributed by atoms with van der Waals surface area (Å²) in [6.45, 7) is 4.96. The molecule has 0 spiro atoms. The largest absolute Gasteiger partial charge is 0.377 e. The van der Waals surface area contributed by atoms with Crippen LogP contribution < -0.4 is 4.90 Å². The molecule has 0 saturated carbocycles. The number of benzene rings is 1. The fourth-order valence-corrected chi connectivity index (χ4v) is 2.69. The molecule has 1 unspecified atom stereocenters. The Hall–Kier alpha value is -0.730. The van der Waals surface area contributed by atoms with Gasteiger partial charge in [-0.25, -0.2) is 0 Å². The summed E-state index contributed by atoms with van der Waals surface area (Å²) < 4.78 is 5.73. The van der Waals surface area contributed by atoms with Gasteiger partial charge < -0.3 is 9.64 Å². The Labute approximate surface area is 109 Å². The predicted molar refractivity (Wildman–Crippen MR) is 72.9 cm³/mol. The lowest BCUT2D eigenvalue weighted by molar-refractivity contribution is 0.0526. The van der Waals surface area contributed by atoms with Gasteiger partial charge >= 0.3 is 0 Å². The zero-order chi connectivity index (χ0) is 12.1. The Balaban J connectivity index is 2.10. The molecule has 0 aliphatic carbocycles. The second-order valence-electron chi connectivity index (χ2n) is 4.43. The van der Waals surface area contributed by atoms with Crippen molar-refractivity contribution in [3.05, 3.63) is 29.8 Å². The summed E-state index contributed by atoms with van der Waals surface area (Å²) in [5, 5.41) is 0. The molecule has 1 saturated heterocycles. The molecule has 1 atom stereocenters. The third-order valence-corrected chi connectivity index (χ3v) is 3.54. The molecule has 1 aromatic rings. The van der Waals surface area contributed by atoms with Gasteiger partial charge in [-0.05, 0) is 31.4 Å². The molecule has 1 heterocycles. The van der Waals surface area contributed by atoms with Crippen LogP contribution in [0.5, 0.6) is 0 Å². The fraction of sp³-hybridized carbons (Fsp3) is 0.571. The quantitative estimate of drug-likeness (QED) is 0.763. The number of halogens is 1. The van der Waals surface area contributed by atoms with Crippen LogP contribution in [0.25, 0.3) is 0 Å². The smallest absolute Gasteiger partial charge is 0.0750 e. The maximum absolute atomic E-state index is 5.99. The number of para-hydroxylation sites is 1.